The van der Waals surface area contributed by atoms with Gasteiger partial charge in [-0.3, -0.25) is 4.79 Å². The van der Waals surface area contributed by atoms with E-state index in [4.69, 9.17) is 0 Å². The van der Waals surface area contributed by atoms with E-state index in [2.05, 4.69) is 0 Å². The van der Waals surface area contributed by atoms with Crippen LogP contribution in [0.4, 0.5) is 0 Å². The monoisotopic (exact) mass is 212 g/mol. The van der Waals surface area contributed by atoms with Gasteiger partial charge in [0.25, 0.3) is 0 Å². The Bertz CT molecular complexity index is 192. The van der Waals surface area contributed by atoms with Crippen LogP contribution in [-0.2, 0) is 4.79 Å². The molecule has 0 bridgehead atoms. The highest BCUT2D eigenvalue weighted by atomic mass is 32.2. The molecular weight excluding hydrogens is 192 g/mol. The Balaban J connectivity index is 1.59. The van der Waals surface area contributed by atoms with E-state index in [1.54, 1.807) is 0 Å². The van der Waals surface area contributed by atoms with Crippen molar-refractivity contribution in [3.8, 4) is 0 Å². The molecule has 1 aliphatic carbocycles. The number of thioether (sulfide) groups is 1. The number of rotatable bonds is 5. The van der Waals surface area contributed by atoms with E-state index in [0.29, 0.717) is 5.78 Å². The predicted octanol–water partition coefficient (Wildman–Crippen LogP) is 3.28. The van der Waals surface area contributed by atoms with E-state index in [9.17, 15) is 4.79 Å². The van der Waals surface area contributed by atoms with E-state index >= 15 is 0 Å². The Hall–Kier alpha value is 0.0200. The molecule has 1 saturated heterocycles. The molecule has 2 rings (SSSR count). The Kier molecular flexibility index (Phi) is 3.91. The van der Waals surface area contributed by atoms with Gasteiger partial charge in [-0.05, 0) is 42.6 Å². The molecule has 1 heterocycles. The average molecular weight is 212 g/mol. The summed E-state index contributed by atoms with van der Waals surface area (Å²) in [6.45, 7) is 0. The lowest BCUT2D eigenvalue weighted by Gasteiger charge is -2.20. The van der Waals surface area contributed by atoms with Crippen LogP contribution in [0.2, 0.25) is 0 Å². The first-order valence-electron chi connectivity index (χ1n) is 5.94. The second-order valence-corrected chi connectivity index (χ2v) is 6.01. The fourth-order valence-corrected chi connectivity index (χ4v) is 3.35. The third kappa shape index (κ3) is 3.64. The van der Waals surface area contributed by atoms with Gasteiger partial charge in [0.1, 0.15) is 5.78 Å². The minimum atomic E-state index is 0.536. The molecule has 2 fully saturated rings. The molecule has 14 heavy (non-hydrogen) atoms. The molecule has 80 valence electrons. The van der Waals surface area contributed by atoms with Crippen LogP contribution in [-0.4, -0.2) is 17.3 Å². The molecule has 0 spiro atoms. The highest BCUT2D eigenvalue weighted by molar-refractivity contribution is 7.99. The lowest BCUT2D eigenvalue weighted by Crippen LogP contribution is -2.14. The molecule has 1 aliphatic heterocycles. The van der Waals surface area contributed by atoms with Gasteiger partial charge in [-0.25, -0.2) is 0 Å². The molecule has 2 aliphatic rings. The van der Waals surface area contributed by atoms with Crippen LogP contribution in [0.3, 0.4) is 0 Å². The van der Waals surface area contributed by atoms with Crippen molar-refractivity contribution in [2.75, 3.05) is 11.5 Å². The van der Waals surface area contributed by atoms with Crippen LogP contribution in [0.15, 0.2) is 0 Å². The fourth-order valence-electron chi connectivity index (χ4n) is 2.15. The lowest BCUT2D eigenvalue weighted by atomic mass is 9.94. The van der Waals surface area contributed by atoms with Gasteiger partial charge < -0.3 is 0 Å². The molecule has 0 unspecified atom stereocenters. The van der Waals surface area contributed by atoms with Gasteiger partial charge in [0.15, 0.2) is 0 Å². The summed E-state index contributed by atoms with van der Waals surface area (Å²) >= 11 is 2.04. The van der Waals surface area contributed by atoms with Gasteiger partial charge >= 0.3 is 0 Å². The van der Waals surface area contributed by atoms with E-state index in [1.807, 2.05) is 11.8 Å². The van der Waals surface area contributed by atoms with Crippen LogP contribution in [0, 0.1) is 11.8 Å². The van der Waals surface area contributed by atoms with Crippen LogP contribution in [0.1, 0.15) is 44.9 Å². The molecule has 0 aromatic rings. The van der Waals surface area contributed by atoms with E-state index in [0.717, 1.165) is 24.7 Å². The van der Waals surface area contributed by atoms with Crippen molar-refractivity contribution in [2.24, 2.45) is 11.8 Å². The van der Waals surface area contributed by atoms with Gasteiger partial charge in [-0.15, -0.1) is 0 Å². The summed E-state index contributed by atoms with van der Waals surface area (Å²) in [5, 5.41) is 0. The molecule has 0 radical (unpaired) electrons. The van der Waals surface area contributed by atoms with Gasteiger partial charge in [-0.1, -0.05) is 12.8 Å². The average Bonchev–Trinajstić information content (AvgIpc) is 3.00. The smallest absolute Gasteiger partial charge is 0.133 e. The molecule has 0 amide bonds. The summed E-state index contributed by atoms with van der Waals surface area (Å²) in [5.41, 5.74) is 0. The van der Waals surface area contributed by atoms with Crippen molar-refractivity contribution in [2.45, 2.75) is 44.9 Å². The fraction of sp³-hybridized carbons (Fsp3) is 0.917. The number of carbonyl (C=O) groups excluding carboxylic acids is 1. The van der Waals surface area contributed by atoms with E-state index in [1.165, 1.54) is 43.6 Å². The van der Waals surface area contributed by atoms with Gasteiger partial charge in [0.05, 0.1) is 0 Å². The quantitative estimate of drug-likeness (QED) is 0.695. The summed E-state index contributed by atoms with van der Waals surface area (Å²) < 4.78 is 0. The lowest BCUT2D eigenvalue weighted by molar-refractivity contribution is -0.120. The third-order valence-corrected chi connectivity index (χ3v) is 4.43. The molecule has 0 N–H and O–H groups in total. The molecule has 0 aromatic carbocycles. The minimum Gasteiger partial charge on any atom is -0.300 e. The second-order valence-electron chi connectivity index (χ2n) is 4.78. The number of hydrogen-bond acceptors (Lipinski definition) is 2. The summed E-state index contributed by atoms with van der Waals surface area (Å²) in [4.78, 5) is 11.6. The first-order valence-corrected chi connectivity index (χ1v) is 7.09. The molecule has 2 heteroatoms. The maximum absolute atomic E-state index is 11.6. The van der Waals surface area contributed by atoms with Crippen molar-refractivity contribution in [3.63, 3.8) is 0 Å². The van der Waals surface area contributed by atoms with Gasteiger partial charge in [-0.2, -0.15) is 11.8 Å². The van der Waals surface area contributed by atoms with Gasteiger partial charge in [0, 0.05) is 12.8 Å². The summed E-state index contributed by atoms with van der Waals surface area (Å²) in [6, 6.07) is 0. The standard InChI is InChI=1S/C12H20OS/c13-12(4-3-10-1-2-10)9-11-5-7-14-8-6-11/h10-11H,1-9H2. The normalized spacial score (nSPS) is 23.7. The highest BCUT2D eigenvalue weighted by Gasteiger charge is 2.23. The van der Waals surface area contributed by atoms with Crippen LogP contribution < -0.4 is 0 Å². The number of ketones is 1. The maximum atomic E-state index is 11.6. The number of hydrogen-bond donors (Lipinski definition) is 0. The Morgan fingerprint density at radius 3 is 2.43 bits per heavy atom. The zero-order valence-corrected chi connectivity index (χ0v) is 9.65. The second kappa shape index (κ2) is 5.20. The van der Waals surface area contributed by atoms with Crippen molar-refractivity contribution in [1.29, 1.82) is 0 Å². The van der Waals surface area contributed by atoms with Crippen molar-refractivity contribution in [3.05, 3.63) is 0 Å². The topological polar surface area (TPSA) is 17.1 Å². The van der Waals surface area contributed by atoms with Crippen LogP contribution >= 0.6 is 11.8 Å². The summed E-state index contributed by atoms with van der Waals surface area (Å²) in [7, 11) is 0. The zero-order chi connectivity index (χ0) is 9.80. The molecular formula is C12H20OS. The summed E-state index contributed by atoms with van der Waals surface area (Å²) in [5.74, 6) is 4.74. The third-order valence-electron chi connectivity index (χ3n) is 3.39. The molecule has 1 saturated carbocycles. The zero-order valence-electron chi connectivity index (χ0n) is 8.84. The Morgan fingerprint density at radius 1 is 1.07 bits per heavy atom. The largest absolute Gasteiger partial charge is 0.300 e. The minimum absolute atomic E-state index is 0.536. The first kappa shape index (κ1) is 10.5. The number of carbonyl (C=O) groups is 1. The van der Waals surface area contributed by atoms with Crippen LogP contribution in [0.25, 0.3) is 0 Å². The Morgan fingerprint density at radius 2 is 1.79 bits per heavy atom. The summed E-state index contributed by atoms with van der Waals surface area (Å²) in [6.07, 6.45) is 8.25. The molecule has 0 atom stereocenters. The molecule has 1 nitrogen and oxygen atoms in total. The first-order chi connectivity index (χ1) is 6.84. The van der Waals surface area contributed by atoms with E-state index in [-0.39, 0.29) is 0 Å². The van der Waals surface area contributed by atoms with Crippen molar-refractivity contribution >= 4 is 17.5 Å². The van der Waals surface area contributed by atoms with E-state index < -0.39 is 0 Å². The SMILES string of the molecule is O=C(CCC1CC1)CC1CCSCC1. The van der Waals surface area contributed by atoms with Crippen molar-refractivity contribution < 1.29 is 4.79 Å². The molecule has 0 aromatic heterocycles. The maximum Gasteiger partial charge on any atom is 0.133 e. The predicted molar refractivity (Wildman–Crippen MR) is 61.6 cm³/mol. The van der Waals surface area contributed by atoms with Gasteiger partial charge in [0.2, 0.25) is 0 Å². The Labute approximate surface area is 91.0 Å². The number of Topliss-reactive ketones (excluding diaryl/α,β-unsaturated/α-hetero) is 1. The van der Waals surface area contributed by atoms with Crippen LogP contribution in [0.5, 0.6) is 0 Å². The van der Waals surface area contributed by atoms with Crippen molar-refractivity contribution in [1.82, 2.24) is 0 Å². The highest BCUT2D eigenvalue weighted by Crippen LogP contribution is 2.34.